The number of nitrogens with zero attached hydrogens (tertiary/aromatic N) is 2. The topological polar surface area (TPSA) is 63.8 Å². The van der Waals surface area contributed by atoms with Crippen molar-refractivity contribution in [3.8, 4) is 0 Å². The first-order valence-electron chi connectivity index (χ1n) is 5.00. The first kappa shape index (κ1) is 11.8. The van der Waals surface area contributed by atoms with Gasteiger partial charge in [-0.15, -0.1) is 0 Å². The van der Waals surface area contributed by atoms with Gasteiger partial charge in [-0.1, -0.05) is 13.8 Å². The molecule has 1 aromatic heterocycles. The average Bonchev–Trinajstić information content (AvgIpc) is 2.19. The molecule has 15 heavy (non-hydrogen) atoms. The molecule has 1 aromatic rings. The summed E-state index contributed by atoms with van der Waals surface area (Å²) in [4.78, 5) is 7.62. The van der Waals surface area contributed by atoms with Crippen LogP contribution in [-0.4, -0.2) is 22.6 Å². The van der Waals surface area contributed by atoms with Crippen LogP contribution in [0.25, 0.3) is 0 Å². The molecular formula is C10H17FN4. The van der Waals surface area contributed by atoms with Crippen molar-refractivity contribution in [2.45, 2.75) is 26.8 Å². The number of nitrogens with one attached hydrogen (secondary N) is 1. The molecule has 4 nitrogen and oxygen atoms in total. The van der Waals surface area contributed by atoms with E-state index in [1.54, 1.807) is 6.92 Å². The van der Waals surface area contributed by atoms with Crippen molar-refractivity contribution in [3.05, 3.63) is 17.8 Å². The number of halogens is 1. The van der Waals surface area contributed by atoms with Crippen LogP contribution in [0.4, 0.5) is 10.2 Å². The summed E-state index contributed by atoms with van der Waals surface area (Å²) in [5.41, 5.74) is 5.92. The van der Waals surface area contributed by atoms with Gasteiger partial charge in [0.1, 0.15) is 6.33 Å². The van der Waals surface area contributed by atoms with Gasteiger partial charge in [0.2, 0.25) is 0 Å². The van der Waals surface area contributed by atoms with Crippen LogP contribution in [0.3, 0.4) is 0 Å². The Morgan fingerprint density at radius 1 is 1.47 bits per heavy atom. The van der Waals surface area contributed by atoms with Crippen molar-refractivity contribution in [3.63, 3.8) is 0 Å². The van der Waals surface area contributed by atoms with Gasteiger partial charge in [0.15, 0.2) is 11.6 Å². The second-order valence-corrected chi connectivity index (χ2v) is 3.85. The molecule has 1 unspecified atom stereocenters. The molecule has 5 heteroatoms. The largest absolute Gasteiger partial charge is 0.363 e. The Bertz CT molecular complexity index is 327. The third-order valence-electron chi connectivity index (χ3n) is 2.34. The highest BCUT2D eigenvalue weighted by atomic mass is 19.1. The van der Waals surface area contributed by atoms with E-state index in [0.29, 0.717) is 18.2 Å². The van der Waals surface area contributed by atoms with Crippen LogP contribution in [0.5, 0.6) is 0 Å². The van der Waals surface area contributed by atoms with Crippen LogP contribution in [0, 0.1) is 18.7 Å². The van der Waals surface area contributed by atoms with Gasteiger partial charge in [0, 0.05) is 12.6 Å². The summed E-state index contributed by atoms with van der Waals surface area (Å²) < 4.78 is 13.5. The zero-order valence-electron chi connectivity index (χ0n) is 9.29. The van der Waals surface area contributed by atoms with Gasteiger partial charge in [-0.25, -0.2) is 14.4 Å². The molecule has 0 aliphatic rings. The minimum atomic E-state index is -0.406. The summed E-state index contributed by atoms with van der Waals surface area (Å²) in [7, 11) is 0. The van der Waals surface area contributed by atoms with E-state index in [2.05, 4.69) is 15.3 Å². The lowest BCUT2D eigenvalue weighted by atomic mass is 10.1. The Morgan fingerprint density at radius 2 is 2.13 bits per heavy atom. The molecule has 0 aliphatic heterocycles. The first-order valence-corrected chi connectivity index (χ1v) is 5.00. The Hall–Kier alpha value is -1.23. The number of rotatable bonds is 4. The van der Waals surface area contributed by atoms with Crippen LogP contribution in [0.15, 0.2) is 6.33 Å². The van der Waals surface area contributed by atoms with Gasteiger partial charge in [-0.05, 0) is 12.8 Å². The molecule has 3 N–H and O–H groups in total. The molecule has 1 atom stereocenters. The zero-order valence-corrected chi connectivity index (χ0v) is 9.29. The fourth-order valence-corrected chi connectivity index (χ4v) is 1.23. The van der Waals surface area contributed by atoms with Crippen LogP contribution in [0.1, 0.15) is 19.5 Å². The Morgan fingerprint density at radius 3 is 2.67 bits per heavy atom. The van der Waals surface area contributed by atoms with E-state index in [1.807, 2.05) is 13.8 Å². The second-order valence-electron chi connectivity index (χ2n) is 3.85. The highest BCUT2D eigenvalue weighted by Gasteiger charge is 2.15. The fraction of sp³-hybridized carbons (Fsp3) is 0.600. The van der Waals surface area contributed by atoms with Crippen molar-refractivity contribution >= 4 is 5.82 Å². The maximum atomic E-state index is 13.5. The number of aryl methyl sites for hydroxylation is 1. The van der Waals surface area contributed by atoms with E-state index >= 15 is 0 Å². The van der Waals surface area contributed by atoms with E-state index < -0.39 is 5.82 Å². The van der Waals surface area contributed by atoms with Gasteiger partial charge in [-0.2, -0.15) is 0 Å². The van der Waals surface area contributed by atoms with E-state index in [4.69, 9.17) is 5.73 Å². The smallest absolute Gasteiger partial charge is 0.186 e. The quantitative estimate of drug-likeness (QED) is 0.790. The van der Waals surface area contributed by atoms with Gasteiger partial charge in [-0.3, -0.25) is 0 Å². The van der Waals surface area contributed by atoms with Gasteiger partial charge >= 0.3 is 0 Å². The predicted molar refractivity (Wildman–Crippen MR) is 58.0 cm³/mol. The molecule has 0 amide bonds. The number of hydrogen-bond donors (Lipinski definition) is 2. The standard InChI is InChI=1S/C10H17FN4/c1-6(2)8(4-12)15-10-9(11)7(3)13-5-14-10/h5-6,8H,4,12H2,1-3H3,(H,13,14,15). The van der Waals surface area contributed by atoms with Crippen molar-refractivity contribution in [1.82, 2.24) is 9.97 Å². The summed E-state index contributed by atoms with van der Waals surface area (Å²) in [6.07, 6.45) is 1.34. The molecule has 0 saturated heterocycles. The summed E-state index contributed by atoms with van der Waals surface area (Å²) in [6.45, 7) is 6.10. The molecule has 0 fully saturated rings. The summed E-state index contributed by atoms with van der Waals surface area (Å²) in [5.74, 6) is 0.146. The third-order valence-corrected chi connectivity index (χ3v) is 2.34. The van der Waals surface area contributed by atoms with Crippen LogP contribution in [0.2, 0.25) is 0 Å². The van der Waals surface area contributed by atoms with Gasteiger partial charge < -0.3 is 11.1 Å². The van der Waals surface area contributed by atoms with E-state index in [-0.39, 0.29) is 11.9 Å². The SMILES string of the molecule is Cc1ncnc(NC(CN)C(C)C)c1F. The summed E-state index contributed by atoms with van der Waals surface area (Å²) >= 11 is 0. The van der Waals surface area contributed by atoms with Crippen LogP contribution < -0.4 is 11.1 Å². The molecule has 0 aromatic carbocycles. The van der Waals surface area contributed by atoms with Gasteiger partial charge in [0.05, 0.1) is 5.69 Å². The third kappa shape index (κ3) is 2.86. The maximum Gasteiger partial charge on any atom is 0.186 e. The van der Waals surface area contributed by atoms with Crippen molar-refractivity contribution in [2.75, 3.05) is 11.9 Å². The first-order chi connectivity index (χ1) is 7.06. The highest BCUT2D eigenvalue weighted by Crippen LogP contribution is 2.14. The van der Waals surface area contributed by atoms with Crippen LogP contribution >= 0.6 is 0 Å². The molecule has 0 spiro atoms. The molecule has 1 heterocycles. The highest BCUT2D eigenvalue weighted by molar-refractivity contribution is 5.38. The lowest BCUT2D eigenvalue weighted by Gasteiger charge is -2.21. The molecular weight excluding hydrogens is 195 g/mol. The van der Waals surface area contributed by atoms with E-state index in [1.165, 1.54) is 6.33 Å². The van der Waals surface area contributed by atoms with Crippen molar-refractivity contribution < 1.29 is 4.39 Å². The molecule has 84 valence electrons. The van der Waals surface area contributed by atoms with E-state index in [9.17, 15) is 4.39 Å². The van der Waals surface area contributed by atoms with Crippen molar-refractivity contribution in [1.29, 1.82) is 0 Å². The van der Waals surface area contributed by atoms with Crippen molar-refractivity contribution in [2.24, 2.45) is 11.7 Å². The van der Waals surface area contributed by atoms with E-state index in [0.717, 1.165) is 0 Å². The number of nitrogens with two attached hydrogens (primary N) is 1. The lowest BCUT2D eigenvalue weighted by Crippen LogP contribution is -2.34. The molecule has 0 saturated carbocycles. The molecule has 0 radical (unpaired) electrons. The zero-order chi connectivity index (χ0) is 11.4. The maximum absolute atomic E-state index is 13.5. The molecule has 1 rings (SSSR count). The predicted octanol–water partition coefficient (Wildman–Crippen LogP) is 1.32. The summed E-state index contributed by atoms with van der Waals surface area (Å²) in [6, 6.07) is 0.0220. The second kappa shape index (κ2) is 5.02. The summed E-state index contributed by atoms with van der Waals surface area (Å²) in [5, 5.41) is 2.99. The minimum absolute atomic E-state index is 0.0220. The Balaban J connectivity index is 2.84. The van der Waals surface area contributed by atoms with Crippen LogP contribution in [-0.2, 0) is 0 Å². The number of anilines is 1. The Labute approximate surface area is 89.1 Å². The monoisotopic (exact) mass is 212 g/mol. The van der Waals surface area contributed by atoms with Gasteiger partial charge in [0.25, 0.3) is 0 Å². The molecule has 0 bridgehead atoms. The Kier molecular flexibility index (Phi) is 3.96. The average molecular weight is 212 g/mol. The fourth-order valence-electron chi connectivity index (χ4n) is 1.23. The normalized spacial score (nSPS) is 12.9. The minimum Gasteiger partial charge on any atom is -0.363 e. The number of aromatic nitrogens is 2. The lowest BCUT2D eigenvalue weighted by molar-refractivity contribution is 0.521. The molecule has 0 aliphatic carbocycles. The number of hydrogen-bond acceptors (Lipinski definition) is 4.